The quantitative estimate of drug-likeness (QED) is 0.619. The van der Waals surface area contributed by atoms with Crippen LogP contribution in [-0.2, 0) is 6.42 Å². The van der Waals surface area contributed by atoms with E-state index in [1.165, 1.54) is 6.07 Å². The Morgan fingerprint density at radius 3 is 2.67 bits per heavy atom. The third-order valence-corrected chi connectivity index (χ3v) is 1.97. The minimum atomic E-state index is -4.77. The number of nitriles is 1. The van der Waals surface area contributed by atoms with E-state index in [-0.39, 0.29) is 12.1 Å². The Morgan fingerprint density at radius 2 is 2.13 bits per heavy atom. The highest BCUT2D eigenvalue weighted by atomic mass is 127. The average Bonchev–Trinajstić information content (AvgIpc) is 2.08. The molecule has 0 spiro atoms. The topological polar surface area (TPSA) is 45.9 Å². The van der Waals surface area contributed by atoms with Gasteiger partial charge in [0.15, 0.2) is 5.75 Å². The smallest absolute Gasteiger partial charge is 0.404 e. The third kappa shape index (κ3) is 3.91. The van der Waals surface area contributed by atoms with Crippen LogP contribution in [0.2, 0.25) is 0 Å². The summed E-state index contributed by atoms with van der Waals surface area (Å²) in [5.41, 5.74) is -0.0123. The number of hydrogen-bond donors (Lipinski definition) is 0. The zero-order valence-electron chi connectivity index (χ0n) is 7.18. The summed E-state index contributed by atoms with van der Waals surface area (Å²) in [7, 11) is 0. The molecule has 0 N–H and O–H groups in total. The van der Waals surface area contributed by atoms with Gasteiger partial charge in [0.2, 0.25) is 0 Å². The molecular weight excluding hydrogens is 324 g/mol. The molecule has 0 saturated carbocycles. The summed E-state index contributed by atoms with van der Waals surface area (Å²) in [6.45, 7) is 0. The molecule has 15 heavy (non-hydrogen) atoms. The van der Waals surface area contributed by atoms with Gasteiger partial charge < -0.3 is 4.74 Å². The molecule has 0 fully saturated rings. The van der Waals surface area contributed by atoms with Gasteiger partial charge in [0.25, 0.3) is 0 Å². The van der Waals surface area contributed by atoms with Crippen molar-refractivity contribution in [3.63, 3.8) is 0 Å². The van der Waals surface area contributed by atoms with Gasteiger partial charge >= 0.3 is 6.36 Å². The highest BCUT2D eigenvalue weighted by Crippen LogP contribution is 2.26. The molecule has 0 aliphatic heterocycles. The molecule has 0 radical (unpaired) electrons. The fourth-order valence-electron chi connectivity index (χ4n) is 0.881. The van der Waals surface area contributed by atoms with Gasteiger partial charge in [-0.3, -0.25) is 0 Å². The molecule has 0 aromatic carbocycles. The molecule has 1 rings (SSSR count). The standard InChI is InChI=1S/C8H4F3IN2O/c9-8(10,11)15-6-1-2-7(12)14-5(6)3-4-13/h1-2H,3H2. The van der Waals surface area contributed by atoms with Crippen LogP contribution in [0.15, 0.2) is 12.1 Å². The van der Waals surface area contributed by atoms with E-state index in [4.69, 9.17) is 5.26 Å². The number of nitrogens with zero attached hydrogens (tertiary/aromatic N) is 2. The van der Waals surface area contributed by atoms with E-state index in [2.05, 4.69) is 9.72 Å². The van der Waals surface area contributed by atoms with Crippen LogP contribution in [0, 0.1) is 15.0 Å². The zero-order valence-corrected chi connectivity index (χ0v) is 9.33. The Morgan fingerprint density at radius 1 is 1.47 bits per heavy atom. The lowest BCUT2D eigenvalue weighted by Crippen LogP contribution is -2.18. The monoisotopic (exact) mass is 328 g/mol. The van der Waals surface area contributed by atoms with Crippen molar-refractivity contribution in [2.45, 2.75) is 12.8 Å². The molecule has 1 aromatic heterocycles. The fourth-order valence-corrected chi connectivity index (χ4v) is 1.35. The first-order valence-electron chi connectivity index (χ1n) is 3.70. The molecule has 1 aromatic rings. The van der Waals surface area contributed by atoms with Crippen LogP contribution in [-0.4, -0.2) is 11.3 Å². The molecule has 0 aliphatic carbocycles. The van der Waals surface area contributed by atoms with E-state index < -0.39 is 12.1 Å². The number of aromatic nitrogens is 1. The predicted octanol–water partition coefficient (Wildman–Crippen LogP) is 2.65. The summed E-state index contributed by atoms with van der Waals surface area (Å²) >= 11 is 1.84. The Hall–Kier alpha value is -1.04. The van der Waals surface area contributed by atoms with Crippen LogP contribution >= 0.6 is 22.6 Å². The molecule has 80 valence electrons. The van der Waals surface area contributed by atoms with Gasteiger partial charge in [-0.15, -0.1) is 13.2 Å². The number of pyridine rings is 1. The second-order valence-corrected chi connectivity index (χ2v) is 3.57. The average molecular weight is 328 g/mol. The lowest BCUT2D eigenvalue weighted by molar-refractivity contribution is -0.275. The van der Waals surface area contributed by atoms with Gasteiger partial charge in [0.05, 0.1) is 18.2 Å². The van der Waals surface area contributed by atoms with E-state index in [0.717, 1.165) is 6.07 Å². The molecule has 7 heteroatoms. The lowest BCUT2D eigenvalue weighted by Gasteiger charge is -2.11. The van der Waals surface area contributed by atoms with Crippen molar-refractivity contribution >= 4 is 22.6 Å². The predicted molar refractivity (Wildman–Crippen MR) is 53.0 cm³/mol. The summed E-state index contributed by atoms with van der Waals surface area (Å²) in [5.74, 6) is -0.426. The Labute approximate surface area is 97.0 Å². The molecule has 0 aliphatic rings. The van der Waals surface area contributed by atoms with E-state index in [1.807, 2.05) is 22.6 Å². The first kappa shape index (κ1) is 12.0. The molecule has 0 atom stereocenters. The minimum Gasteiger partial charge on any atom is -0.404 e. The SMILES string of the molecule is N#CCc1nc(I)ccc1OC(F)(F)F. The molecule has 0 saturated heterocycles. The second kappa shape index (κ2) is 4.65. The van der Waals surface area contributed by atoms with E-state index in [1.54, 1.807) is 6.07 Å². The van der Waals surface area contributed by atoms with Crippen molar-refractivity contribution in [2.24, 2.45) is 0 Å². The normalized spacial score (nSPS) is 10.9. The van der Waals surface area contributed by atoms with Crippen LogP contribution in [0.5, 0.6) is 5.75 Å². The molecule has 0 unspecified atom stereocenters. The van der Waals surface area contributed by atoms with Crippen LogP contribution in [0.3, 0.4) is 0 Å². The van der Waals surface area contributed by atoms with Gasteiger partial charge in [-0.1, -0.05) is 0 Å². The highest BCUT2D eigenvalue weighted by Gasteiger charge is 2.32. The lowest BCUT2D eigenvalue weighted by atomic mass is 10.2. The summed E-state index contributed by atoms with van der Waals surface area (Å²) in [6.07, 6.45) is -4.99. The maximum atomic E-state index is 11.9. The minimum absolute atomic E-state index is 0.0123. The van der Waals surface area contributed by atoms with Gasteiger partial charge in [0.1, 0.15) is 3.70 Å². The van der Waals surface area contributed by atoms with Crippen LogP contribution < -0.4 is 4.74 Å². The summed E-state index contributed by atoms with van der Waals surface area (Å²) in [4.78, 5) is 3.79. The fraction of sp³-hybridized carbons (Fsp3) is 0.250. The number of hydrogen-bond acceptors (Lipinski definition) is 3. The van der Waals surface area contributed by atoms with Crippen molar-refractivity contribution in [1.29, 1.82) is 5.26 Å². The first-order valence-corrected chi connectivity index (χ1v) is 4.78. The van der Waals surface area contributed by atoms with Crippen LogP contribution in [0.4, 0.5) is 13.2 Å². The molecule has 3 nitrogen and oxygen atoms in total. The molecule has 0 amide bonds. The zero-order chi connectivity index (χ0) is 11.5. The summed E-state index contributed by atoms with van der Waals surface area (Å²) < 4.78 is 40.0. The Balaban J connectivity index is 3.02. The Kier molecular flexibility index (Phi) is 3.73. The number of rotatable bonds is 2. The number of ether oxygens (including phenoxy) is 1. The van der Waals surface area contributed by atoms with Crippen molar-refractivity contribution in [3.05, 3.63) is 21.5 Å². The van der Waals surface area contributed by atoms with Gasteiger partial charge in [-0.25, -0.2) is 4.98 Å². The van der Waals surface area contributed by atoms with E-state index in [9.17, 15) is 13.2 Å². The Bertz CT molecular complexity index is 400. The van der Waals surface area contributed by atoms with Crippen LogP contribution in [0.25, 0.3) is 0 Å². The largest absolute Gasteiger partial charge is 0.573 e. The number of halogens is 4. The molecular formula is C8H4F3IN2O. The molecule has 0 bridgehead atoms. The van der Waals surface area contributed by atoms with Crippen molar-refractivity contribution in [2.75, 3.05) is 0 Å². The first-order chi connectivity index (χ1) is 6.92. The highest BCUT2D eigenvalue weighted by molar-refractivity contribution is 14.1. The van der Waals surface area contributed by atoms with E-state index in [0.29, 0.717) is 3.70 Å². The van der Waals surface area contributed by atoms with Crippen molar-refractivity contribution in [3.8, 4) is 11.8 Å². The van der Waals surface area contributed by atoms with Gasteiger partial charge in [-0.05, 0) is 34.7 Å². The summed E-state index contributed by atoms with van der Waals surface area (Å²) in [6, 6.07) is 4.25. The second-order valence-electron chi connectivity index (χ2n) is 2.46. The van der Waals surface area contributed by atoms with Gasteiger partial charge in [-0.2, -0.15) is 5.26 Å². The maximum Gasteiger partial charge on any atom is 0.573 e. The van der Waals surface area contributed by atoms with E-state index >= 15 is 0 Å². The van der Waals surface area contributed by atoms with Gasteiger partial charge in [0, 0.05) is 0 Å². The van der Waals surface area contributed by atoms with Crippen molar-refractivity contribution < 1.29 is 17.9 Å². The number of alkyl halides is 3. The maximum absolute atomic E-state index is 11.9. The van der Waals surface area contributed by atoms with Crippen LogP contribution in [0.1, 0.15) is 5.69 Å². The third-order valence-electron chi connectivity index (χ3n) is 1.37. The van der Waals surface area contributed by atoms with Crippen molar-refractivity contribution in [1.82, 2.24) is 4.98 Å². The summed E-state index contributed by atoms with van der Waals surface area (Å²) in [5, 5.41) is 8.40. The molecule has 1 heterocycles.